The van der Waals surface area contributed by atoms with E-state index >= 15 is 0 Å². The Balaban J connectivity index is 2.16. The molecule has 17 heavy (non-hydrogen) atoms. The van der Waals surface area contributed by atoms with E-state index in [4.69, 9.17) is 10.5 Å². The molecule has 5 nitrogen and oxygen atoms in total. The topological polar surface area (TPSA) is 92.2 Å². The predicted molar refractivity (Wildman–Crippen MR) is 62.1 cm³/mol. The summed E-state index contributed by atoms with van der Waals surface area (Å²) in [5.74, 6) is 0. The molecule has 0 saturated heterocycles. The van der Waals surface area contributed by atoms with Crippen LogP contribution in [0.25, 0.3) is 0 Å². The number of anilines is 1. The Morgan fingerprint density at radius 1 is 1.29 bits per heavy atom. The van der Waals surface area contributed by atoms with Crippen LogP contribution in [0.3, 0.4) is 0 Å². The third kappa shape index (κ3) is 2.41. The van der Waals surface area contributed by atoms with Crippen LogP contribution >= 0.6 is 0 Å². The highest BCUT2D eigenvalue weighted by Crippen LogP contribution is 2.25. The van der Waals surface area contributed by atoms with Crippen LogP contribution in [0.4, 0.5) is 5.69 Å². The third-order valence-corrected chi connectivity index (χ3v) is 2.63. The van der Waals surface area contributed by atoms with Crippen LogP contribution in [0.1, 0.15) is 11.1 Å². The second kappa shape index (κ2) is 4.65. The van der Waals surface area contributed by atoms with Gasteiger partial charge in [-0.05, 0) is 36.1 Å². The Hall–Kier alpha value is -2.37. The monoisotopic (exact) mass is 226 g/mol. The summed E-state index contributed by atoms with van der Waals surface area (Å²) >= 11 is 0. The summed E-state index contributed by atoms with van der Waals surface area (Å²) in [6, 6.07) is 8.94. The molecule has 1 atom stereocenters. The highest BCUT2D eigenvalue weighted by Gasteiger charge is 2.18. The number of aliphatic hydroxyl groups excluding tert-OH is 1. The van der Waals surface area contributed by atoms with E-state index in [1.165, 1.54) is 0 Å². The molecular formula is C12H10N4O. The zero-order chi connectivity index (χ0) is 12.3. The number of nitrogens with zero attached hydrogens (tertiary/aromatic N) is 3. The molecule has 1 aromatic rings. The van der Waals surface area contributed by atoms with Gasteiger partial charge in [0.2, 0.25) is 5.71 Å². The smallest absolute Gasteiger partial charge is 0.237 e. The molecule has 0 bridgehead atoms. The van der Waals surface area contributed by atoms with E-state index in [9.17, 15) is 5.11 Å². The fourth-order valence-electron chi connectivity index (χ4n) is 1.86. The average Bonchev–Trinajstić information content (AvgIpc) is 2.69. The summed E-state index contributed by atoms with van der Waals surface area (Å²) in [6.07, 6.45) is 1.01. The fourth-order valence-corrected chi connectivity index (χ4v) is 1.86. The number of fused-ring (bicyclic) bond motifs is 1. The highest BCUT2D eigenvalue weighted by atomic mass is 16.3. The van der Waals surface area contributed by atoms with Crippen LogP contribution in [-0.4, -0.2) is 16.9 Å². The van der Waals surface area contributed by atoms with Gasteiger partial charge in [-0.2, -0.15) is 15.6 Å². The lowest BCUT2D eigenvalue weighted by atomic mass is 10.1. The summed E-state index contributed by atoms with van der Waals surface area (Å²) in [5, 5.41) is 30.2. The number of hydrogen-bond donors (Lipinski definition) is 2. The second-order valence-electron chi connectivity index (χ2n) is 3.84. The SMILES string of the molecule is N#CC(C#N)=NNc1ccc2c(c1)CC(O)C2. The van der Waals surface area contributed by atoms with E-state index in [-0.39, 0.29) is 11.8 Å². The van der Waals surface area contributed by atoms with Gasteiger partial charge in [0.1, 0.15) is 12.1 Å². The number of benzene rings is 1. The van der Waals surface area contributed by atoms with Gasteiger partial charge in [0.05, 0.1) is 11.8 Å². The lowest BCUT2D eigenvalue weighted by molar-refractivity contribution is 0.187. The van der Waals surface area contributed by atoms with Crippen molar-refractivity contribution in [3.63, 3.8) is 0 Å². The minimum atomic E-state index is -0.308. The van der Waals surface area contributed by atoms with Gasteiger partial charge in [-0.15, -0.1) is 0 Å². The summed E-state index contributed by atoms with van der Waals surface area (Å²) in [5.41, 5.74) is 5.35. The molecule has 1 aromatic carbocycles. The molecule has 1 unspecified atom stereocenters. The Morgan fingerprint density at radius 2 is 2.00 bits per heavy atom. The molecule has 0 amide bonds. The first-order chi connectivity index (χ1) is 8.22. The van der Waals surface area contributed by atoms with E-state index in [0.29, 0.717) is 18.5 Å². The van der Waals surface area contributed by atoms with Crippen molar-refractivity contribution in [2.75, 3.05) is 5.43 Å². The predicted octanol–water partition coefficient (Wildman–Crippen LogP) is 0.961. The van der Waals surface area contributed by atoms with Crippen molar-refractivity contribution < 1.29 is 5.11 Å². The van der Waals surface area contributed by atoms with Gasteiger partial charge in [0.25, 0.3) is 0 Å². The van der Waals surface area contributed by atoms with Gasteiger partial charge in [0, 0.05) is 0 Å². The van der Waals surface area contributed by atoms with E-state index < -0.39 is 0 Å². The molecule has 84 valence electrons. The number of aliphatic hydroxyl groups is 1. The standard InChI is InChI=1S/C12H10N4O/c13-6-11(7-14)16-15-10-2-1-8-4-12(17)5-9(8)3-10/h1-3,12,15,17H,4-5H2. The maximum atomic E-state index is 9.50. The molecule has 1 aliphatic rings. The minimum absolute atomic E-state index is 0.217. The summed E-state index contributed by atoms with van der Waals surface area (Å²) in [7, 11) is 0. The molecule has 0 heterocycles. The molecule has 0 aromatic heterocycles. The second-order valence-corrected chi connectivity index (χ2v) is 3.84. The van der Waals surface area contributed by atoms with Gasteiger partial charge >= 0.3 is 0 Å². The summed E-state index contributed by atoms with van der Waals surface area (Å²) in [6.45, 7) is 0. The number of hydrogen-bond acceptors (Lipinski definition) is 5. The van der Waals surface area contributed by atoms with Crippen LogP contribution < -0.4 is 5.43 Å². The number of hydrazone groups is 1. The van der Waals surface area contributed by atoms with Gasteiger partial charge in [-0.1, -0.05) is 6.07 Å². The van der Waals surface area contributed by atoms with Crippen LogP contribution in [-0.2, 0) is 12.8 Å². The molecule has 0 saturated carbocycles. The van der Waals surface area contributed by atoms with Crippen LogP contribution in [0.15, 0.2) is 23.3 Å². The van der Waals surface area contributed by atoms with Crippen LogP contribution in [0.5, 0.6) is 0 Å². The third-order valence-electron chi connectivity index (χ3n) is 2.63. The zero-order valence-electron chi connectivity index (χ0n) is 9.01. The van der Waals surface area contributed by atoms with E-state index in [1.807, 2.05) is 18.2 Å². The largest absolute Gasteiger partial charge is 0.392 e. The van der Waals surface area contributed by atoms with Gasteiger partial charge in [-0.3, -0.25) is 5.43 Å². The van der Waals surface area contributed by atoms with Crippen molar-refractivity contribution in [1.29, 1.82) is 10.5 Å². The zero-order valence-corrected chi connectivity index (χ0v) is 9.01. The van der Waals surface area contributed by atoms with Crippen molar-refractivity contribution in [2.45, 2.75) is 18.9 Å². The maximum absolute atomic E-state index is 9.50. The number of rotatable bonds is 2. The lowest BCUT2D eigenvalue weighted by Crippen LogP contribution is -2.03. The van der Waals surface area contributed by atoms with E-state index in [0.717, 1.165) is 11.1 Å². The summed E-state index contributed by atoms with van der Waals surface area (Å²) in [4.78, 5) is 0. The first-order valence-electron chi connectivity index (χ1n) is 5.16. The first kappa shape index (κ1) is 11.1. The normalized spacial score (nSPS) is 16.5. The van der Waals surface area contributed by atoms with E-state index in [2.05, 4.69) is 10.5 Å². The average molecular weight is 226 g/mol. The molecular weight excluding hydrogens is 216 g/mol. The van der Waals surface area contributed by atoms with Gasteiger partial charge in [0.15, 0.2) is 0 Å². The van der Waals surface area contributed by atoms with Crippen molar-refractivity contribution in [3.8, 4) is 12.1 Å². The molecule has 5 heteroatoms. The molecule has 0 radical (unpaired) electrons. The van der Waals surface area contributed by atoms with Gasteiger partial charge in [-0.25, -0.2) is 0 Å². The Labute approximate surface area is 98.6 Å². The van der Waals surface area contributed by atoms with Crippen molar-refractivity contribution in [3.05, 3.63) is 29.3 Å². The van der Waals surface area contributed by atoms with Crippen molar-refractivity contribution >= 4 is 11.4 Å². The highest BCUT2D eigenvalue weighted by molar-refractivity contribution is 6.10. The molecule has 1 aliphatic carbocycles. The Morgan fingerprint density at radius 3 is 2.71 bits per heavy atom. The molecule has 0 spiro atoms. The van der Waals surface area contributed by atoms with Crippen molar-refractivity contribution in [1.82, 2.24) is 0 Å². The van der Waals surface area contributed by atoms with Crippen LogP contribution in [0.2, 0.25) is 0 Å². The summed E-state index contributed by atoms with van der Waals surface area (Å²) < 4.78 is 0. The Kier molecular flexibility index (Phi) is 3.04. The molecule has 2 N–H and O–H groups in total. The quantitative estimate of drug-likeness (QED) is 0.580. The maximum Gasteiger partial charge on any atom is 0.237 e. The molecule has 0 fully saturated rings. The number of nitrogens with one attached hydrogen (secondary N) is 1. The minimum Gasteiger partial charge on any atom is -0.392 e. The molecule has 2 rings (SSSR count). The number of nitriles is 2. The first-order valence-corrected chi connectivity index (χ1v) is 5.16. The lowest BCUT2D eigenvalue weighted by Gasteiger charge is -2.03. The van der Waals surface area contributed by atoms with Crippen molar-refractivity contribution in [2.24, 2.45) is 5.10 Å². The van der Waals surface area contributed by atoms with Crippen LogP contribution in [0, 0.1) is 22.7 Å². The van der Waals surface area contributed by atoms with E-state index in [1.54, 1.807) is 12.1 Å². The van der Waals surface area contributed by atoms with Gasteiger partial charge < -0.3 is 5.11 Å². The Bertz CT molecular complexity index is 535. The molecule has 0 aliphatic heterocycles. The fraction of sp³-hybridized carbons (Fsp3) is 0.250.